The van der Waals surface area contributed by atoms with E-state index in [-0.39, 0.29) is 28.3 Å². The molecule has 0 atom stereocenters. The summed E-state index contributed by atoms with van der Waals surface area (Å²) in [5, 5.41) is 3.76. The number of hydrogen-bond acceptors (Lipinski definition) is 7. The molecule has 0 amide bonds. The predicted octanol–water partition coefficient (Wildman–Crippen LogP) is 1.97. The number of hydrogen-bond donors (Lipinski definition) is 0. The molecular weight excluding hydrogens is 346 g/mol. The lowest BCUT2D eigenvalue weighted by Gasteiger charge is -2.12. The molecule has 0 aliphatic rings. The molecular formula is C16H21N3O5S. The van der Waals surface area contributed by atoms with Crippen LogP contribution in [0.15, 0.2) is 33.7 Å². The first-order valence-electron chi connectivity index (χ1n) is 7.54. The fraction of sp³-hybridized carbons (Fsp3) is 0.438. The van der Waals surface area contributed by atoms with Crippen molar-refractivity contribution < 1.29 is 22.5 Å². The summed E-state index contributed by atoms with van der Waals surface area (Å²) < 4.78 is 35.6. The van der Waals surface area contributed by atoms with Crippen molar-refractivity contribution in [3.63, 3.8) is 0 Å². The van der Waals surface area contributed by atoms with E-state index in [2.05, 4.69) is 10.1 Å². The van der Waals surface area contributed by atoms with E-state index in [0.29, 0.717) is 5.89 Å². The van der Waals surface area contributed by atoms with E-state index < -0.39 is 16.0 Å². The molecule has 0 bridgehead atoms. The number of carbonyl (C=O) groups is 1. The van der Waals surface area contributed by atoms with Crippen LogP contribution in [-0.2, 0) is 26.8 Å². The quantitative estimate of drug-likeness (QED) is 0.744. The van der Waals surface area contributed by atoms with Crippen LogP contribution in [0.5, 0.6) is 0 Å². The van der Waals surface area contributed by atoms with Crippen molar-refractivity contribution in [2.75, 3.05) is 14.1 Å². The number of ether oxygens (including phenoxy) is 1. The highest BCUT2D eigenvalue weighted by atomic mass is 32.2. The first-order valence-corrected chi connectivity index (χ1v) is 8.98. The Balaban J connectivity index is 2.10. The minimum absolute atomic E-state index is 0.0153. The summed E-state index contributed by atoms with van der Waals surface area (Å²) in [4.78, 5) is 16.3. The van der Waals surface area contributed by atoms with Crippen molar-refractivity contribution in [3.05, 3.63) is 41.5 Å². The van der Waals surface area contributed by atoms with Crippen LogP contribution < -0.4 is 0 Å². The van der Waals surface area contributed by atoms with Gasteiger partial charge in [-0.3, -0.25) is 0 Å². The maximum atomic E-state index is 12.2. The van der Waals surface area contributed by atoms with Gasteiger partial charge in [0.15, 0.2) is 6.61 Å². The molecule has 0 N–H and O–H groups in total. The van der Waals surface area contributed by atoms with Crippen LogP contribution in [0.4, 0.5) is 0 Å². The Bertz CT molecular complexity index is 866. The topological polar surface area (TPSA) is 103 Å². The largest absolute Gasteiger partial charge is 0.454 e. The van der Waals surface area contributed by atoms with Crippen LogP contribution in [0.25, 0.3) is 0 Å². The Labute approximate surface area is 146 Å². The lowest BCUT2D eigenvalue weighted by molar-refractivity contribution is 0.0459. The summed E-state index contributed by atoms with van der Waals surface area (Å²) >= 11 is 0. The van der Waals surface area contributed by atoms with E-state index >= 15 is 0 Å². The highest BCUT2D eigenvalue weighted by Crippen LogP contribution is 2.20. The van der Waals surface area contributed by atoms with Crippen LogP contribution >= 0.6 is 0 Å². The minimum atomic E-state index is -3.63. The van der Waals surface area contributed by atoms with Gasteiger partial charge in [0.2, 0.25) is 21.7 Å². The second kappa shape index (κ2) is 6.93. The molecule has 0 unspecified atom stereocenters. The van der Waals surface area contributed by atoms with Gasteiger partial charge in [-0.1, -0.05) is 32.0 Å². The molecule has 0 aliphatic carbocycles. The fourth-order valence-electron chi connectivity index (χ4n) is 1.82. The zero-order valence-electron chi connectivity index (χ0n) is 14.8. The fourth-order valence-corrected chi connectivity index (χ4v) is 2.77. The van der Waals surface area contributed by atoms with Gasteiger partial charge in [-0.05, 0) is 18.2 Å². The van der Waals surface area contributed by atoms with E-state index in [0.717, 1.165) is 4.31 Å². The number of benzene rings is 1. The summed E-state index contributed by atoms with van der Waals surface area (Å²) in [6.45, 7) is 5.61. The summed E-state index contributed by atoms with van der Waals surface area (Å²) in [6.07, 6.45) is 0. The Kier molecular flexibility index (Phi) is 5.28. The molecule has 9 heteroatoms. The number of carbonyl (C=O) groups excluding carboxylic acids is 1. The van der Waals surface area contributed by atoms with Gasteiger partial charge in [0.1, 0.15) is 0 Å². The lowest BCUT2D eigenvalue weighted by atomic mass is 9.97. The number of aromatic nitrogens is 2. The molecule has 2 aromatic rings. The van der Waals surface area contributed by atoms with E-state index in [9.17, 15) is 13.2 Å². The molecule has 0 saturated carbocycles. The lowest BCUT2D eigenvalue weighted by Crippen LogP contribution is -2.22. The van der Waals surface area contributed by atoms with Crippen molar-refractivity contribution in [2.24, 2.45) is 0 Å². The SMILES string of the molecule is CN(C)S(=O)(=O)c1cccc(C(=O)OCc2noc(C(C)(C)C)n2)c1. The Morgan fingerprint density at radius 3 is 2.52 bits per heavy atom. The summed E-state index contributed by atoms with van der Waals surface area (Å²) in [6, 6.07) is 5.66. The first-order chi connectivity index (χ1) is 11.5. The minimum Gasteiger partial charge on any atom is -0.454 e. The molecule has 1 aromatic heterocycles. The molecule has 2 rings (SSSR count). The number of rotatable bonds is 5. The van der Waals surface area contributed by atoms with Gasteiger partial charge < -0.3 is 9.26 Å². The molecule has 0 spiro atoms. The molecule has 0 aliphatic heterocycles. The van der Waals surface area contributed by atoms with Gasteiger partial charge in [-0.25, -0.2) is 17.5 Å². The van der Waals surface area contributed by atoms with Crippen LogP contribution in [0.2, 0.25) is 0 Å². The van der Waals surface area contributed by atoms with Crippen molar-refractivity contribution in [2.45, 2.75) is 37.7 Å². The first kappa shape index (κ1) is 19.1. The Morgan fingerprint density at radius 2 is 1.96 bits per heavy atom. The molecule has 1 heterocycles. The zero-order valence-corrected chi connectivity index (χ0v) is 15.6. The highest BCUT2D eigenvalue weighted by Gasteiger charge is 2.23. The third kappa shape index (κ3) is 4.43. The standard InChI is InChI=1S/C16H21N3O5S/c1-16(2,3)15-17-13(18-24-15)10-23-14(20)11-7-6-8-12(9-11)25(21,22)19(4)5/h6-9H,10H2,1-5H3. The van der Waals surface area contributed by atoms with Crippen LogP contribution in [-0.4, -0.2) is 42.9 Å². The third-order valence-corrected chi connectivity index (χ3v) is 5.10. The maximum Gasteiger partial charge on any atom is 0.338 e. The van der Waals surface area contributed by atoms with E-state index in [4.69, 9.17) is 9.26 Å². The second-order valence-corrected chi connectivity index (χ2v) is 8.81. The van der Waals surface area contributed by atoms with Crippen molar-refractivity contribution >= 4 is 16.0 Å². The predicted molar refractivity (Wildman–Crippen MR) is 89.4 cm³/mol. The highest BCUT2D eigenvalue weighted by molar-refractivity contribution is 7.89. The van der Waals surface area contributed by atoms with Crippen LogP contribution in [0, 0.1) is 0 Å². The Morgan fingerprint density at radius 1 is 1.28 bits per heavy atom. The van der Waals surface area contributed by atoms with Crippen molar-refractivity contribution in [1.82, 2.24) is 14.4 Å². The monoisotopic (exact) mass is 367 g/mol. The molecule has 0 fully saturated rings. The normalized spacial score (nSPS) is 12.4. The second-order valence-electron chi connectivity index (χ2n) is 6.66. The molecule has 1 aromatic carbocycles. The summed E-state index contributed by atoms with van der Waals surface area (Å²) in [7, 11) is -0.787. The number of sulfonamides is 1. The van der Waals surface area contributed by atoms with Gasteiger partial charge >= 0.3 is 5.97 Å². The number of nitrogens with zero attached hydrogens (tertiary/aromatic N) is 3. The van der Waals surface area contributed by atoms with Gasteiger partial charge in [-0.2, -0.15) is 4.98 Å². The van der Waals surface area contributed by atoms with E-state index in [1.807, 2.05) is 20.8 Å². The maximum absolute atomic E-state index is 12.2. The van der Waals surface area contributed by atoms with Gasteiger partial charge in [0.25, 0.3) is 0 Å². The van der Waals surface area contributed by atoms with Crippen LogP contribution in [0.1, 0.15) is 42.8 Å². The van der Waals surface area contributed by atoms with E-state index in [1.165, 1.54) is 38.4 Å². The van der Waals surface area contributed by atoms with Gasteiger partial charge in [-0.15, -0.1) is 0 Å². The third-order valence-electron chi connectivity index (χ3n) is 3.29. The smallest absolute Gasteiger partial charge is 0.338 e. The number of esters is 1. The van der Waals surface area contributed by atoms with Crippen LogP contribution in [0.3, 0.4) is 0 Å². The average Bonchev–Trinajstić information content (AvgIpc) is 3.01. The zero-order chi connectivity index (χ0) is 18.8. The van der Waals surface area contributed by atoms with Gasteiger partial charge in [0.05, 0.1) is 10.5 Å². The van der Waals surface area contributed by atoms with Gasteiger partial charge in [0, 0.05) is 19.5 Å². The van der Waals surface area contributed by atoms with E-state index in [1.54, 1.807) is 0 Å². The van der Waals surface area contributed by atoms with Crippen molar-refractivity contribution in [3.8, 4) is 0 Å². The summed E-state index contributed by atoms with van der Waals surface area (Å²) in [5.41, 5.74) is -0.174. The molecule has 0 saturated heterocycles. The van der Waals surface area contributed by atoms with Crippen molar-refractivity contribution in [1.29, 1.82) is 0 Å². The Hall–Kier alpha value is -2.26. The molecule has 0 radical (unpaired) electrons. The average molecular weight is 367 g/mol. The molecule has 136 valence electrons. The molecule has 8 nitrogen and oxygen atoms in total. The summed E-state index contributed by atoms with van der Waals surface area (Å²) in [5.74, 6) is 0.0193. The molecule has 25 heavy (non-hydrogen) atoms.